The van der Waals surface area contributed by atoms with Crippen LogP contribution in [0.25, 0.3) is 0 Å². The van der Waals surface area contributed by atoms with Crippen LogP contribution in [-0.2, 0) is 9.53 Å². The lowest BCUT2D eigenvalue weighted by atomic mass is 9.93. The Hall–Kier alpha value is -1.59. The summed E-state index contributed by atoms with van der Waals surface area (Å²) in [5, 5.41) is 12.5. The second kappa shape index (κ2) is 6.91. The number of amides is 1. The number of aryl methyl sites for hydroxylation is 1. The zero-order chi connectivity index (χ0) is 15.4. The predicted octanol–water partition coefficient (Wildman–Crippen LogP) is 2.26. The molecule has 2 N–H and O–H groups in total. The molecule has 0 spiro atoms. The number of aliphatic carboxylic acids is 1. The fourth-order valence-corrected chi connectivity index (χ4v) is 2.74. The summed E-state index contributed by atoms with van der Waals surface area (Å²) < 4.78 is 5.31. The van der Waals surface area contributed by atoms with Gasteiger partial charge in [0.15, 0.2) is 0 Å². The van der Waals surface area contributed by atoms with Gasteiger partial charge in [0.1, 0.15) is 6.04 Å². The minimum absolute atomic E-state index is 0.201. The number of carbonyl (C=O) groups excluding carboxylic acids is 1. The molecule has 1 aliphatic rings. The van der Waals surface area contributed by atoms with Crippen molar-refractivity contribution in [3.63, 3.8) is 0 Å². The number of benzene rings is 1. The monoisotopic (exact) mass is 311 g/mol. The number of hydrogen-bond donors (Lipinski definition) is 2. The second-order valence-electron chi connectivity index (χ2n) is 5.23. The molecule has 1 aliphatic heterocycles. The molecule has 0 radical (unpaired) electrons. The first kappa shape index (κ1) is 15.8. The van der Waals surface area contributed by atoms with Crippen molar-refractivity contribution >= 4 is 23.5 Å². The van der Waals surface area contributed by atoms with Crippen LogP contribution in [0.5, 0.6) is 0 Å². The van der Waals surface area contributed by atoms with Gasteiger partial charge in [-0.25, -0.2) is 4.79 Å². The first-order valence-corrected chi connectivity index (χ1v) is 7.24. The van der Waals surface area contributed by atoms with Gasteiger partial charge in [0.2, 0.25) is 0 Å². The molecule has 1 heterocycles. The normalized spacial score (nSPS) is 19.8. The molecule has 0 aromatic heterocycles. The minimum atomic E-state index is -1.04. The Morgan fingerprint density at radius 1 is 1.48 bits per heavy atom. The average Bonchev–Trinajstić information content (AvgIpc) is 2.45. The van der Waals surface area contributed by atoms with Gasteiger partial charge in [-0.15, -0.1) is 0 Å². The van der Waals surface area contributed by atoms with E-state index in [9.17, 15) is 14.7 Å². The van der Waals surface area contributed by atoms with Crippen LogP contribution < -0.4 is 5.32 Å². The summed E-state index contributed by atoms with van der Waals surface area (Å²) in [6.07, 6.45) is 1.54. The van der Waals surface area contributed by atoms with E-state index in [0.717, 1.165) is 12.8 Å². The molecule has 1 fully saturated rings. The van der Waals surface area contributed by atoms with E-state index in [-0.39, 0.29) is 5.92 Å². The fraction of sp³-hybridized carbons (Fsp3) is 0.467. The lowest BCUT2D eigenvalue weighted by Gasteiger charge is -2.28. The van der Waals surface area contributed by atoms with Gasteiger partial charge in [-0.05, 0) is 43.5 Å². The van der Waals surface area contributed by atoms with Crippen LogP contribution >= 0.6 is 11.6 Å². The number of halogens is 1. The highest BCUT2D eigenvalue weighted by atomic mass is 35.5. The summed E-state index contributed by atoms with van der Waals surface area (Å²) in [6, 6.07) is 3.95. The molecular weight excluding hydrogens is 294 g/mol. The molecule has 0 bridgehead atoms. The van der Waals surface area contributed by atoms with Crippen LogP contribution in [0, 0.1) is 12.8 Å². The third-order valence-electron chi connectivity index (χ3n) is 3.65. The number of hydrogen-bond acceptors (Lipinski definition) is 3. The van der Waals surface area contributed by atoms with Gasteiger partial charge < -0.3 is 15.2 Å². The van der Waals surface area contributed by atoms with Gasteiger partial charge >= 0.3 is 5.97 Å². The smallest absolute Gasteiger partial charge is 0.326 e. The summed E-state index contributed by atoms with van der Waals surface area (Å²) >= 11 is 5.86. The number of carbonyl (C=O) groups is 2. The molecule has 21 heavy (non-hydrogen) atoms. The zero-order valence-corrected chi connectivity index (χ0v) is 12.5. The predicted molar refractivity (Wildman–Crippen MR) is 78.6 cm³/mol. The Morgan fingerprint density at radius 2 is 2.24 bits per heavy atom. The summed E-state index contributed by atoms with van der Waals surface area (Å²) in [6.45, 7) is 2.77. The van der Waals surface area contributed by atoms with E-state index in [1.807, 2.05) is 0 Å². The molecule has 1 amide bonds. The molecule has 1 aromatic rings. The van der Waals surface area contributed by atoms with Gasteiger partial charge in [-0.1, -0.05) is 11.6 Å². The SMILES string of the molecule is Cc1cc(Cl)ccc1C(=O)NC(C(=O)O)C1CCCOC1. The standard InChI is InChI=1S/C15H18ClNO4/c1-9-7-11(16)4-5-12(9)14(18)17-13(15(19)20)10-3-2-6-21-8-10/h4-5,7,10,13H,2-3,6,8H2,1H3,(H,17,18)(H,19,20). The van der Waals surface area contributed by atoms with Crippen LogP contribution in [0.2, 0.25) is 5.02 Å². The lowest BCUT2D eigenvalue weighted by Crippen LogP contribution is -2.48. The quantitative estimate of drug-likeness (QED) is 0.894. The first-order valence-electron chi connectivity index (χ1n) is 6.86. The van der Waals surface area contributed by atoms with Crippen molar-refractivity contribution < 1.29 is 19.4 Å². The molecule has 5 nitrogen and oxygen atoms in total. The minimum Gasteiger partial charge on any atom is -0.480 e. The van der Waals surface area contributed by atoms with Gasteiger partial charge in [0.05, 0.1) is 6.61 Å². The number of nitrogens with one attached hydrogen (secondary N) is 1. The van der Waals surface area contributed by atoms with Crippen molar-refractivity contribution in [2.75, 3.05) is 13.2 Å². The van der Waals surface area contributed by atoms with Crippen LogP contribution in [0.1, 0.15) is 28.8 Å². The van der Waals surface area contributed by atoms with Crippen molar-refractivity contribution in [2.45, 2.75) is 25.8 Å². The molecular formula is C15H18ClNO4. The Morgan fingerprint density at radius 3 is 2.81 bits per heavy atom. The number of carboxylic acid groups (broad SMARTS) is 1. The Bertz CT molecular complexity index is 540. The lowest BCUT2D eigenvalue weighted by molar-refractivity contribution is -0.142. The van der Waals surface area contributed by atoms with Crippen molar-refractivity contribution in [3.05, 3.63) is 34.3 Å². The van der Waals surface area contributed by atoms with Gasteiger partial charge in [-0.2, -0.15) is 0 Å². The van der Waals surface area contributed by atoms with Crippen molar-refractivity contribution in [1.82, 2.24) is 5.32 Å². The fourth-order valence-electron chi connectivity index (χ4n) is 2.51. The van der Waals surface area contributed by atoms with Crippen molar-refractivity contribution in [1.29, 1.82) is 0 Å². The molecule has 2 atom stereocenters. The van der Waals surface area contributed by atoms with E-state index in [0.29, 0.717) is 29.4 Å². The molecule has 0 saturated carbocycles. The maximum atomic E-state index is 12.3. The molecule has 2 unspecified atom stereocenters. The molecule has 0 aliphatic carbocycles. The number of rotatable bonds is 4. The van der Waals surface area contributed by atoms with E-state index >= 15 is 0 Å². The maximum Gasteiger partial charge on any atom is 0.326 e. The Labute approximate surface area is 128 Å². The van der Waals surface area contributed by atoms with Crippen LogP contribution in [0.4, 0.5) is 0 Å². The molecule has 6 heteroatoms. The summed E-state index contributed by atoms with van der Waals surface area (Å²) in [4.78, 5) is 23.7. The van der Waals surface area contributed by atoms with Crippen molar-refractivity contribution in [2.24, 2.45) is 5.92 Å². The summed E-state index contributed by atoms with van der Waals surface area (Å²) in [5.74, 6) is -1.64. The van der Waals surface area contributed by atoms with Crippen LogP contribution in [0.15, 0.2) is 18.2 Å². The first-order chi connectivity index (χ1) is 9.99. The average molecular weight is 312 g/mol. The topological polar surface area (TPSA) is 75.6 Å². The maximum absolute atomic E-state index is 12.3. The Balaban J connectivity index is 2.12. The Kier molecular flexibility index (Phi) is 5.20. The number of carboxylic acids is 1. The molecule has 1 saturated heterocycles. The highest BCUT2D eigenvalue weighted by Gasteiger charge is 2.31. The zero-order valence-electron chi connectivity index (χ0n) is 11.8. The van der Waals surface area contributed by atoms with Crippen molar-refractivity contribution in [3.8, 4) is 0 Å². The third kappa shape index (κ3) is 3.95. The van der Waals surface area contributed by atoms with Crippen LogP contribution in [-0.4, -0.2) is 36.2 Å². The highest BCUT2D eigenvalue weighted by molar-refractivity contribution is 6.30. The molecule has 1 aromatic carbocycles. The van der Waals surface area contributed by atoms with Crippen LogP contribution in [0.3, 0.4) is 0 Å². The largest absolute Gasteiger partial charge is 0.480 e. The van der Waals surface area contributed by atoms with E-state index in [4.69, 9.17) is 16.3 Å². The van der Waals surface area contributed by atoms with Gasteiger partial charge in [0, 0.05) is 23.1 Å². The number of ether oxygens (including phenoxy) is 1. The van der Waals surface area contributed by atoms with E-state index < -0.39 is 17.9 Å². The molecule has 114 valence electrons. The summed E-state index contributed by atoms with van der Waals surface area (Å²) in [7, 11) is 0. The molecule has 2 rings (SSSR count). The van der Waals surface area contributed by atoms with E-state index in [1.54, 1.807) is 25.1 Å². The van der Waals surface area contributed by atoms with Gasteiger partial charge in [0.25, 0.3) is 5.91 Å². The van der Waals surface area contributed by atoms with Gasteiger partial charge in [-0.3, -0.25) is 4.79 Å². The van der Waals surface area contributed by atoms with E-state index in [2.05, 4.69) is 5.32 Å². The summed E-state index contributed by atoms with van der Waals surface area (Å²) in [5.41, 5.74) is 1.14. The van der Waals surface area contributed by atoms with E-state index in [1.165, 1.54) is 0 Å². The second-order valence-corrected chi connectivity index (χ2v) is 5.66. The highest BCUT2D eigenvalue weighted by Crippen LogP contribution is 2.19. The third-order valence-corrected chi connectivity index (χ3v) is 3.89.